The molecule has 0 radical (unpaired) electrons. The number of nitrogens with zero attached hydrogens (tertiary/aromatic N) is 3. The molecule has 0 bridgehead atoms. The minimum atomic E-state index is -0.220. The Bertz CT molecular complexity index is 973. The maximum Gasteiger partial charge on any atom is 0.319 e. The summed E-state index contributed by atoms with van der Waals surface area (Å²) >= 11 is 12.0. The smallest absolute Gasteiger partial charge is 0.319 e. The zero-order valence-electron chi connectivity index (χ0n) is 19.3. The second-order valence-electron chi connectivity index (χ2n) is 8.52. The van der Waals surface area contributed by atoms with Gasteiger partial charge < -0.3 is 20.4 Å². The normalized spacial score (nSPS) is 14.7. The van der Waals surface area contributed by atoms with E-state index in [1.165, 1.54) is 0 Å². The van der Waals surface area contributed by atoms with Crippen LogP contribution in [-0.4, -0.2) is 66.0 Å². The summed E-state index contributed by atoms with van der Waals surface area (Å²) in [6.07, 6.45) is 2.12. The highest BCUT2D eigenvalue weighted by Gasteiger charge is 2.25. The van der Waals surface area contributed by atoms with Crippen molar-refractivity contribution in [1.82, 2.24) is 20.1 Å². The van der Waals surface area contributed by atoms with Crippen LogP contribution in [0.3, 0.4) is 0 Å². The first-order chi connectivity index (χ1) is 15.7. The number of aromatic nitrogens is 1. The highest BCUT2D eigenvalue weighted by molar-refractivity contribution is 6.42. The molecule has 0 aliphatic carbocycles. The van der Waals surface area contributed by atoms with Crippen LogP contribution in [0, 0.1) is 13.8 Å². The Morgan fingerprint density at radius 3 is 2.39 bits per heavy atom. The monoisotopic (exact) mass is 491 g/mol. The van der Waals surface area contributed by atoms with Gasteiger partial charge in [-0.25, -0.2) is 4.79 Å². The molecule has 1 aliphatic heterocycles. The number of pyridine rings is 1. The van der Waals surface area contributed by atoms with Crippen LogP contribution in [0.1, 0.15) is 29.8 Å². The Morgan fingerprint density at radius 2 is 1.76 bits per heavy atom. The summed E-state index contributed by atoms with van der Waals surface area (Å²) in [4.78, 5) is 33.3. The van der Waals surface area contributed by atoms with Crippen LogP contribution in [-0.2, 0) is 11.2 Å². The Morgan fingerprint density at radius 1 is 1.09 bits per heavy atom. The molecule has 0 atom stereocenters. The van der Waals surface area contributed by atoms with E-state index >= 15 is 0 Å². The third kappa shape index (κ3) is 7.59. The number of likely N-dealkylation sites (N-methyl/N-ethyl adjacent to an activating group) is 1. The van der Waals surface area contributed by atoms with Crippen LogP contribution in [0.2, 0.25) is 10.0 Å². The number of anilines is 1. The van der Waals surface area contributed by atoms with Crippen molar-refractivity contribution in [1.29, 1.82) is 0 Å². The lowest BCUT2D eigenvalue weighted by atomic mass is 10.0. The van der Waals surface area contributed by atoms with Crippen molar-refractivity contribution in [2.45, 2.75) is 39.2 Å². The molecule has 178 valence electrons. The predicted octanol–water partition coefficient (Wildman–Crippen LogP) is 4.29. The van der Waals surface area contributed by atoms with E-state index in [1.54, 1.807) is 12.1 Å². The predicted molar refractivity (Wildman–Crippen MR) is 133 cm³/mol. The van der Waals surface area contributed by atoms with Crippen LogP contribution in [0.25, 0.3) is 0 Å². The Hall–Kier alpha value is -2.35. The fraction of sp³-hybridized carbons (Fsp3) is 0.458. The maximum atomic E-state index is 12.7. The lowest BCUT2D eigenvalue weighted by Crippen LogP contribution is -2.47. The van der Waals surface area contributed by atoms with Gasteiger partial charge in [-0.05, 0) is 56.5 Å². The van der Waals surface area contributed by atoms with E-state index in [0.29, 0.717) is 23.0 Å². The highest BCUT2D eigenvalue weighted by Crippen LogP contribution is 2.23. The second-order valence-corrected chi connectivity index (χ2v) is 9.34. The molecule has 9 heteroatoms. The molecule has 1 aromatic carbocycles. The molecule has 0 spiro atoms. The first-order valence-corrected chi connectivity index (χ1v) is 11.9. The summed E-state index contributed by atoms with van der Waals surface area (Å²) in [6, 6.07) is 8.99. The molecule has 1 saturated heterocycles. The maximum absolute atomic E-state index is 12.7. The Balaban J connectivity index is 1.37. The molecule has 1 fully saturated rings. The third-order valence-electron chi connectivity index (χ3n) is 5.89. The number of carbonyl (C=O) groups is 2. The summed E-state index contributed by atoms with van der Waals surface area (Å²) in [5.74, 6) is 0.0757. The van der Waals surface area contributed by atoms with Gasteiger partial charge in [-0.15, -0.1) is 0 Å². The highest BCUT2D eigenvalue weighted by atomic mass is 35.5. The fourth-order valence-electron chi connectivity index (χ4n) is 4.09. The molecule has 3 amide bonds. The molecule has 0 saturated carbocycles. The third-order valence-corrected chi connectivity index (χ3v) is 6.63. The second kappa shape index (κ2) is 11.7. The number of rotatable bonds is 7. The topological polar surface area (TPSA) is 77.6 Å². The average Bonchev–Trinajstić information content (AvgIpc) is 2.75. The van der Waals surface area contributed by atoms with Crippen molar-refractivity contribution in [2.24, 2.45) is 0 Å². The molecule has 3 rings (SSSR count). The number of halogens is 2. The number of likely N-dealkylation sites (tertiary alicyclic amines) is 1. The fourth-order valence-corrected chi connectivity index (χ4v) is 4.41. The van der Waals surface area contributed by atoms with Crippen LogP contribution in [0.4, 0.5) is 10.5 Å². The van der Waals surface area contributed by atoms with E-state index in [-0.39, 0.29) is 18.0 Å². The van der Waals surface area contributed by atoms with Gasteiger partial charge >= 0.3 is 6.03 Å². The lowest BCUT2D eigenvalue weighted by molar-refractivity contribution is -0.132. The summed E-state index contributed by atoms with van der Waals surface area (Å²) < 4.78 is 0. The van der Waals surface area contributed by atoms with Crippen molar-refractivity contribution in [3.63, 3.8) is 0 Å². The van der Waals surface area contributed by atoms with Crippen LogP contribution in [0.15, 0.2) is 30.3 Å². The van der Waals surface area contributed by atoms with E-state index in [4.69, 9.17) is 23.2 Å². The largest absolute Gasteiger partial charge is 0.342 e. The minimum absolute atomic E-state index is 0.0757. The van der Waals surface area contributed by atoms with Crippen molar-refractivity contribution in [3.8, 4) is 0 Å². The van der Waals surface area contributed by atoms with Gasteiger partial charge in [0.15, 0.2) is 0 Å². The summed E-state index contributed by atoms with van der Waals surface area (Å²) in [5, 5.41) is 6.72. The molecule has 33 heavy (non-hydrogen) atoms. The quantitative estimate of drug-likeness (QED) is 0.605. The van der Waals surface area contributed by atoms with Gasteiger partial charge in [-0.2, -0.15) is 0 Å². The van der Waals surface area contributed by atoms with E-state index in [1.807, 2.05) is 44.0 Å². The van der Waals surface area contributed by atoms with Crippen molar-refractivity contribution in [3.05, 3.63) is 57.3 Å². The summed E-state index contributed by atoms with van der Waals surface area (Å²) in [7, 11) is 1.87. The van der Waals surface area contributed by atoms with Gasteiger partial charge in [0.05, 0.1) is 16.5 Å². The molecule has 2 N–H and O–H groups in total. The number of aryl methyl sites for hydroxylation is 2. The number of nitrogens with one attached hydrogen (secondary N) is 2. The standard InChI is InChI=1S/C24H31Cl2N5O2/c1-16-12-19(13-17(2)28-16)29-24(33)27-8-11-31-9-6-20(7-10-31)30(3)23(32)15-18-4-5-21(25)22(26)14-18/h4-5,12-14,20H,6-11,15H2,1-3H3,(H2,27,28,29,33). The van der Waals surface area contributed by atoms with E-state index in [9.17, 15) is 9.59 Å². The van der Waals surface area contributed by atoms with E-state index in [0.717, 1.165) is 55.1 Å². The number of benzene rings is 1. The number of piperidine rings is 1. The Kier molecular flexibility index (Phi) is 8.95. The van der Waals surface area contributed by atoms with Crippen molar-refractivity contribution >= 4 is 40.8 Å². The van der Waals surface area contributed by atoms with Gasteiger partial charge in [0.1, 0.15) is 0 Å². The first-order valence-electron chi connectivity index (χ1n) is 11.1. The molecule has 2 aromatic rings. The van der Waals surface area contributed by atoms with Crippen LogP contribution < -0.4 is 10.6 Å². The SMILES string of the molecule is Cc1cc(NC(=O)NCCN2CCC(N(C)C(=O)Cc3ccc(Cl)c(Cl)c3)CC2)cc(C)n1. The lowest BCUT2D eigenvalue weighted by Gasteiger charge is -2.36. The first kappa shape index (κ1) is 25.3. The molecular weight excluding hydrogens is 461 g/mol. The molecule has 1 aliphatic rings. The molecular formula is C24H31Cl2N5O2. The minimum Gasteiger partial charge on any atom is -0.342 e. The van der Waals surface area contributed by atoms with Gasteiger partial charge in [0.25, 0.3) is 0 Å². The zero-order valence-corrected chi connectivity index (χ0v) is 20.8. The van der Waals surface area contributed by atoms with Gasteiger partial charge in [-0.1, -0.05) is 29.3 Å². The van der Waals surface area contributed by atoms with Gasteiger partial charge in [0.2, 0.25) is 5.91 Å². The zero-order chi connectivity index (χ0) is 24.0. The van der Waals surface area contributed by atoms with Gasteiger partial charge in [0, 0.05) is 56.3 Å². The number of hydrogen-bond donors (Lipinski definition) is 2. The van der Waals surface area contributed by atoms with E-state index < -0.39 is 0 Å². The molecule has 7 nitrogen and oxygen atoms in total. The number of amides is 3. The Labute approximate surface area is 205 Å². The van der Waals surface area contributed by atoms with Crippen LogP contribution in [0.5, 0.6) is 0 Å². The average molecular weight is 492 g/mol. The summed E-state index contributed by atoms with van der Waals surface area (Å²) in [6.45, 7) is 6.92. The van der Waals surface area contributed by atoms with Gasteiger partial charge in [-0.3, -0.25) is 9.78 Å². The van der Waals surface area contributed by atoms with Crippen molar-refractivity contribution in [2.75, 3.05) is 38.5 Å². The molecule has 2 heterocycles. The number of hydrogen-bond acceptors (Lipinski definition) is 4. The number of carbonyl (C=O) groups excluding carboxylic acids is 2. The molecule has 1 aromatic heterocycles. The summed E-state index contributed by atoms with van der Waals surface area (Å²) in [5.41, 5.74) is 3.34. The molecule has 0 unspecified atom stereocenters. The van der Waals surface area contributed by atoms with Crippen LogP contribution >= 0.6 is 23.2 Å². The van der Waals surface area contributed by atoms with Crippen molar-refractivity contribution < 1.29 is 9.59 Å². The van der Waals surface area contributed by atoms with E-state index in [2.05, 4.69) is 20.5 Å². The number of urea groups is 1.